The molecule has 0 radical (unpaired) electrons. The molecule has 0 atom stereocenters. The van der Waals surface area contributed by atoms with Crippen molar-refractivity contribution in [1.82, 2.24) is 0 Å². The smallest absolute Gasteiger partial charge is 0.411 e. The number of para-hydroxylation sites is 1. The van der Waals surface area contributed by atoms with Crippen LogP contribution in [0.1, 0.15) is 25.0 Å². The van der Waals surface area contributed by atoms with E-state index in [0.717, 1.165) is 41.9 Å². The fraction of sp³-hybridized carbons (Fsp3) is 0.391. The molecule has 0 bridgehead atoms. The number of hydrogen-bond acceptors (Lipinski definition) is 3. The monoisotopic (exact) mass is 396 g/mol. The zero-order valence-corrected chi connectivity index (χ0v) is 17.7. The first-order chi connectivity index (χ1) is 13.8. The van der Waals surface area contributed by atoms with Gasteiger partial charge in [-0.05, 0) is 56.0 Å². The molecule has 6 nitrogen and oxygen atoms in total. The number of aryl methyl sites for hydroxylation is 2. The Labute approximate surface area is 172 Å². The third-order valence-electron chi connectivity index (χ3n) is 5.41. The lowest BCUT2D eigenvalue weighted by atomic mass is 10.0. The first-order valence-electron chi connectivity index (χ1n) is 10.1. The average Bonchev–Trinajstić information content (AvgIpc) is 2.84. The minimum atomic E-state index is -0.497. The standard InChI is InChI=1S/C23H29N3O3/c1-5-26(3,4)16-22(27)25-20-10-8-7-9-17(20)11-12-18-13-14-19(15-21(18)25)24-23(28)29-6-2/h7-10,13-15H,5-6,11-12,16H2,1-4H3/p+1. The highest BCUT2D eigenvalue weighted by Gasteiger charge is 2.30. The second kappa shape index (κ2) is 8.66. The van der Waals surface area contributed by atoms with Gasteiger partial charge < -0.3 is 9.22 Å². The molecule has 0 unspecified atom stereocenters. The van der Waals surface area contributed by atoms with Crippen LogP contribution >= 0.6 is 0 Å². The second-order valence-corrected chi connectivity index (χ2v) is 7.96. The number of benzene rings is 2. The highest BCUT2D eigenvalue weighted by atomic mass is 16.5. The van der Waals surface area contributed by atoms with Crippen LogP contribution in [0.25, 0.3) is 0 Å². The molecule has 0 fully saturated rings. The summed E-state index contributed by atoms with van der Waals surface area (Å²) >= 11 is 0. The molecule has 2 amide bonds. The zero-order chi connectivity index (χ0) is 21.0. The summed E-state index contributed by atoms with van der Waals surface area (Å²) in [4.78, 5) is 27.2. The van der Waals surface area contributed by atoms with Crippen LogP contribution in [0.3, 0.4) is 0 Å². The number of carbonyl (C=O) groups excluding carboxylic acids is 2. The maximum absolute atomic E-state index is 13.5. The van der Waals surface area contributed by atoms with Crippen LogP contribution in [-0.4, -0.2) is 50.3 Å². The topological polar surface area (TPSA) is 58.6 Å². The largest absolute Gasteiger partial charge is 0.450 e. The van der Waals surface area contributed by atoms with Gasteiger partial charge in [0.05, 0.1) is 38.6 Å². The first kappa shape index (κ1) is 20.9. The fourth-order valence-corrected chi connectivity index (χ4v) is 3.50. The molecule has 154 valence electrons. The van der Waals surface area contributed by atoms with E-state index in [-0.39, 0.29) is 5.91 Å². The Balaban J connectivity index is 2.05. The molecule has 29 heavy (non-hydrogen) atoms. The maximum atomic E-state index is 13.5. The van der Waals surface area contributed by atoms with Crippen molar-refractivity contribution in [3.63, 3.8) is 0 Å². The number of carbonyl (C=O) groups is 2. The van der Waals surface area contributed by atoms with Gasteiger partial charge in [-0.15, -0.1) is 0 Å². The third-order valence-corrected chi connectivity index (χ3v) is 5.41. The van der Waals surface area contributed by atoms with Crippen molar-refractivity contribution in [1.29, 1.82) is 0 Å². The molecule has 1 aliphatic heterocycles. The number of fused-ring (bicyclic) bond motifs is 2. The third kappa shape index (κ3) is 4.77. The molecule has 0 aromatic heterocycles. The maximum Gasteiger partial charge on any atom is 0.411 e. The molecular weight excluding hydrogens is 366 g/mol. The lowest BCUT2D eigenvalue weighted by molar-refractivity contribution is -0.880. The highest BCUT2D eigenvalue weighted by Crippen LogP contribution is 2.37. The summed E-state index contributed by atoms with van der Waals surface area (Å²) in [5, 5.41) is 2.75. The minimum Gasteiger partial charge on any atom is -0.450 e. The minimum absolute atomic E-state index is 0.0423. The Morgan fingerprint density at radius 1 is 1.03 bits per heavy atom. The van der Waals surface area contributed by atoms with E-state index < -0.39 is 6.09 Å². The van der Waals surface area contributed by atoms with E-state index >= 15 is 0 Å². The van der Waals surface area contributed by atoms with E-state index in [1.54, 1.807) is 6.92 Å². The van der Waals surface area contributed by atoms with Gasteiger partial charge in [-0.25, -0.2) is 4.79 Å². The van der Waals surface area contributed by atoms with Crippen LogP contribution in [0.5, 0.6) is 0 Å². The van der Waals surface area contributed by atoms with Crippen molar-refractivity contribution < 1.29 is 18.8 Å². The summed E-state index contributed by atoms with van der Waals surface area (Å²) in [5.74, 6) is 0.0423. The number of amides is 2. The summed E-state index contributed by atoms with van der Waals surface area (Å²) in [6, 6.07) is 13.8. The molecule has 6 heteroatoms. The lowest BCUT2D eigenvalue weighted by Gasteiger charge is -2.32. The summed E-state index contributed by atoms with van der Waals surface area (Å²) in [5.41, 5.74) is 4.60. The quantitative estimate of drug-likeness (QED) is 0.774. The number of rotatable bonds is 5. The van der Waals surface area contributed by atoms with Crippen molar-refractivity contribution >= 4 is 29.1 Å². The molecular formula is C23H30N3O3+. The molecule has 1 heterocycles. The van der Waals surface area contributed by atoms with Crippen LogP contribution in [0.4, 0.5) is 21.9 Å². The van der Waals surface area contributed by atoms with Gasteiger partial charge in [0.15, 0.2) is 6.54 Å². The molecule has 1 aliphatic rings. The normalized spacial score (nSPS) is 13.2. The fourth-order valence-electron chi connectivity index (χ4n) is 3.50. The van der Waals surface area contributed by atoms with E-state index in [2.05, 4.69) is 32.4 Å². The van der Waals surface area contributed by atoms with Crippen LogP contribution in [0.15, 0.2) is 42.5 Å². The number of hydrogen-bond donors (Lipinski definition) is 1. The molecule has 2 aromatic carbocycles. The van der Waals surface area contributed by atoms with Gasteiger partial charge in [0.2, 0.25) is 0 Å². The molecule has 0 saturated heterocycles. The van der Waals surface area contributed by atoms with Crippen molar-refractivity contribution in [2.24, 2.45) is 0 Å². The highest BCUT2D eigenvalue weighted by molar-refractivity contribution is 6.03. The number of nitrogens with one attached hydrogen (secondary N) is 1. The van der Waals surface area contributed by atoms with Crippen LogP contribution in [-0.2, 0) is 22.4 Å². The van der Waals surface area contributed by atoms with Gasteiger partial charge in [0.25, 0.3) is 5.91 Å². The number of nitrogens with zero attached hydrogens (tertiary/aromatic N) is 2. The van der Waals surface area contributed by atoms with Gasteiger partial charge in [-0.1, -0.05) is 24.3 Å². The van der Waals surface area contributed by atoms with Crippen molar-refractivity contribution in [3.05, 3.63) is 53.6 Å². The van der Waals surface area contributed by atoms with Gasteiger partial charge in [0.1, 0.15) is 0 Å². The molecule has 0 aliphatic carbocycles. The van der Waals surface area contributed by atoms with Gasteiger partial charge in [-0.3, -0.25) is 15.0 Å². The zero-order valence-electron chi connectivity index (χ0n) is 17.7. The van der Waals surface area contributed by atoms with Gasteiger partial charge in [0, 0.05) is 5.69 Å². The Morgan fingerprint density at radius 2 is 1.72 bits per heavy atom. The van der Waals surface area contributed by atoms with Crippen LogP contribution < -0.4 is 10.2 Å². The average molecular weight is 397 g/mol. The van der Waals surface area contributed by atoms with E-state index in [4.69, 9.17) is 4.74 Å². The SMILES string of the molecule is CCOC(=O)Nc1ccc2c(c1)N(C(=O)C[N+](C)(C)CC)c1ccccc1CC2. The van der Waals surface area contributed by atoms with E-state index in [1.807, 2.05) is 41.3 Å². The summed E-state index contributed by atoms with van der Waals surface area (Å²) in [6.07, 6.45) is 1.20. The predicted octanol–water partition coefficient (Wildman–Crippen LogP) is 4.11. The number of anilines is 3. The summed E-state index contributed by atoms with van der Waals surface area (Å²) in [6.45, 7) is 5.40. The van der Waals surface area contributed by atoms with E-state index in [0.29, 0.717) is 23.3 Å². The molecule has 2 aromatic rings. The Bertz CT molecular complexity index is 908. The Hall–Kier alpha value is -2.86. The van der Waals surface area contributed by atoms with E-state index in [1.165, 1.54) is 0 Å². The molecule has 0 saturated carbocycles. The summed E-state index contributed by atoms with van der Waals surface area (Å²) < 4.78 is 5.60. The first-order valence-corrected chi connectivity index (χ1v) is 10.1. The molecule has 1 N–H and O–H groups in total. The predicted molar refractivity (Wildman–Crippen MR) is 116 cm³/mol. The number of quaternary nitrogens is 1. The van der Waals surface area contributed by atoms with E-state index in [9.17, 15) is 9.59 Å². The van der Waals surface area contributed by atoms with Crippen molar-refractivity contribution in [2.75, 3.05) is 44.0 Å². The van der Waals surface area contributed by atoms with Crippen molar-refractivity contribution in [2.45, 2.75) is 26.7 Å². The Morgan fingerprint density at radius 3 is 2.41 bits per heavy atom. The van der Waals surface area contributed by atoms with Crippen LogP contribution in [0, 0.1) is 0 Å². The van der Waals surface area contributed by atoms with Gasteiger partial charge >= 0.3 is 6.09 Å². The number of likely N-dealkylation sites (N-methyl/N-ethyl adjacent to an activating group) is 1. The molecule has 0 spiro atoms. The van der Waals surface area contributed by atoms with Gasteiger partial charge in [-0.2, -0.15) is 0 Å². The van der Waals surface area contributed by atoms with Crippen LogP contribution in [0.2, 0.25) is 0 Å². The Kier molecular flexibility index (Phi) is 6.23. The number of ether oxygens (including phenoxy) is 1. The molecule has 3 rings (SSSR count). The van der Waals surface area contributed by atoms with Crippen molar-refractivity contribution in [3.8, 4) is 0 Å². The lowest BCUT2D eigenvalue weighted by Crippen LogP contribution is -2.47. The summed E-state index contributed by atoms with van der Waals surface area (Å²) in [7, 11) is 4.11. The second-order valence-electron chi connectivity index (χ2n) is 7.96.